The van der Waals surface area contributed by atoms with Crippen LogP contribution >= 0.6 is 0 Å². The van der Waals surface area contributed by atoms with Crippen LogP contribution < -0.4 is 11.1 Å². The van der Waals surface area contributed by atoms with Gasteiger partial charge in [0.25, 0.3) is 0 Å². The summed E-state index contributed by atoms with van der Waals surface area (Å²) in [4.78, 5) is 11.0. The summed E-state index contributed by atoms with van der Waals surface area (Å²) >= 11 is 0. The zero-order valence-corrected chi connectivity index (χ0v) is 8.32. The molecule has 1 aromatic rings. The molecule has 1 aliphatic rings. The summed E-state index contributed by atoms with van der Waals surface area (Å²) in [6.45, 7) is 2.19. The van der Waals surface area contributed by atoms with Gasteiger partial charge in [0, 0.05) is 13.5 Å². The van der Waals surface area contributed by atoms with Crippen LogP contribution in [-0.4, -0.2) is 22.9 Å². The zero-order chi connectivity index (χ0) is 9.97. The molecule has 1 aliphatic heterocycles. The topological polar surface area (TPSA) is 60.1 Å². The summed E-state index contributed by atoms with van der Waals surface area (Å²) in [6.07, 6.45) is 3.03. The van der Waals surface area contributed by atoms with E-state index in [0.29, 0.717) is 11.8 Å². The molecular weight excluding hydrogens is 182 g/mol. The van der Waals surface area contributed by atoms with Crippen molar-refractivity contribution in [2.45, 2.75) is 19.3 Å². The van der Waals surface area contributed by atoms with E-state index in [-0.39, 0.29) is 5.76 Å². The number of nitrogens with one attached hydrogen (secondary N) is 1. The van der Waals surface area contributed by atoms with E-state index in [1.165, 1.54) is 11.1 Å². The molecule has 0 bridgehead atoms. The third-order valence-electron chi connectivity index (χ3n) is 2.66. The molecule has 1 atom stereocenters. The lowest BCUT2D eigenvalue weighted by Crippen LogP contribution is -2.10. The molecule has 0 aliphatic carbocycles. The Labute approximate surface area is 82.1 Å². The molecule has 1 saturated heterocycles. The molecule has 1 fully saturated rings. The molecule has 2 heterocycles. The maximum atomic E-state index is 11.0. The zero-order valence-electron chi connectivity index (χ0n) is 8.32. The quantitative estimate of drug-likeness (QED) is 0.736. The van der Waals surface area contributed by atoms with Crippen LogP contribution in [0.2, 0.25) is 0 Å². The van der Waals surface area contributed by atoms with Crippen LogP contribution in [-0.2, 0) is 13.5 Å². The van der Waals surface area contributed by atoms with Crippen molar-refractivity contribution in [2.24, 2.45) is 13.0 Å². The fourth-order valence-electron chi connectivity index (χ4n) is 1.78. The summed E-state index contributed by atoms with van der Waals surface area (Å²) in [7, 11) is 1.60. The van der Waals surface area contributed by atoms with Crippen molar-refractivity contribution < 1.29 is 4.42 Å². The first-order valence-corrected chi connectivity index (χ1v) is 4.99. The SMILES string of the molecule is Cn1nc(CCC2CCNC2)oc1=O. The summed E-state index contributed by atoms with van der Waals surface area (Å²) in [5.74, 6) is 0.899. The Balaban J connectivity index is 1.88. The predicted molar refractivity (Wildman–Crippen MR) is 51.0 cm³/mol. The van der Waals surface area contributed by atoms with E-state index < -0.39 is 0 Å². The number of hydrogen-bond acceptors (Lipinski definition) is 4. The number of hydrogen-bond donors (Lipinski definition) is 1. The number of rotatable bonds is 3. The number of aromatic nitrogens is 2. The second-order valence-corrected chi connectivity index (χ2v) is 3.78. The Morgan fingerprint density at radius 2 is 2.57 bits per heavy atom. The van der Waals surface area contributed by atoms with Gasteiger partial charge >= 0.3 is 5.76 Å². The molecule has 78 valence electrons. The van der Waals surface area contributed by atoms with Crippen LogP contribution in [0.3, 0.4) is 0 Å². The Hall–Kier alpha value is -1.10. The Kier molecular flexibility index (Phi) is 2.67. The number of aryl methyl sites for hydroxylation is 2. The van der Waals surface area contributed by atoms with Crippen LogP contribution in [0.5, 0.6) is 0 Å². The minimum Gasteiger partial charge on any atom is -0.392 e. The normalized spacial score (nSPS) is 21.6. The molecule has 0 aromatic carbocycles. The lowest BCUT2D eigenvalue weighted by atomic mass is 10.0. The van der Waals surface area contributed by atoms with E-state index in [1.54, 1.807) is 7.05 Å². The molecular formula is C9H15N3O2. The molecule has 2 rings (SSSR count). The van der Waals surface area contributed by atoms with Gasteiger partial charge in [0.1, 0.15) is 0 Å². The van der Waals surface area contributed by atoms with Crippen LogP contribution in [0.4, 0.5) is 0 Å². The minimum absolute atomic E-state index is 0.371. The Morgan fingerprint density at radius 1 is 1.71 bits per heavy atom. The third-order valence-corrected chi connectivity index (χ3v) is 2.66. The Morgan fingerprint density at radius 3 is 3.14 bits per heavy atom. The monoisotopic (exact) mass is 197 g/mol. The lowest BCUT2D eigenvalue weighted by Gasteiger charge is -2.03. The van der Waals surface area contributed by atoms with E-state index in [9.17, 15) is 4.79 Å². The second-order valence-electron chi connectivity index (χ2n) is 3.78. The maximum Gasteiger partial charge on any atom is 0.436 e. The molecule has 0 amide bonds. The highest BCUT2D eigenvalue weighted by Crippen LogP contribution is 2.14. The van der Waals surface area contributed by atoms with Gasteiger partial charge in [-0.05, 0) is 31.8 Å². The first kappa shape index (κ1) is 9.45. The molecule has 0 radical (unpaired) electrons. The van der Waals surface area contributed by atoms with E-state index in [1.807, 2.05) is 0 Å². The first-order valence-electron chi connectivity index (χ1n) is 4.99. The average molecular weight is 197 g/mol. The predicted octanol–water partition coefficient (Wildman–Crippen LogP) is -0.0846. The fourth-order valence-corrected chi connectivity index (χ4v) is 1.78. The molecule has 1 N–H and O–H groups in total. The van der Waals surface area contributed by atoms with Gasteiger partial charge in [-0.25, -0.2) is 4.79 Å². The largest absolute Gasteiger partial charge is 0.436 e. The van der Waals surface area contributed by atoms with Crippen LogP contribution in [0, 0.1) is 5.92 Å². The molecule has 14 heavy (non-hydrogen) atoms. The van der Waals surface area contributed by atoms with Gasteiger partial charge < -0.3 is 9.73 Å². The van der Waals surface area contributed by atoms with Crippen molar-refractivity contribution in [1.82, 2.24) is 15.1 Å². The van der Waals surface area contributed by atoms with Crippen molar-refractivity contribution in [3.63, 3.8) is 0 Å². The highest BCUT2D eigenvalue weighted by molar-refractivity contribution is 4.79. The molecule has 5 heteroatoms. The minimum atomic E-state index is -0.371. The van der Waals surface area contributed by atoms with E-state index in [0.717, 1.165) is 25.9 Å². The van der Waals surface area contributed by atoms with Crippen LogP contribution in [0.1, 0.15) is 18.7 Å². The summed E-state index contributed by atoms with van der Waals surface area (Å²) in [5.41, 5.74) is 0. The van der Waals surface area contributed by atoms with E-state index in [4.69, 9.17) is 4.42 Å². The molecule has 0 saturated carbocycles. The maximum absolute atomic E-state index is 11.0. The standard InChI is InChI=1S/C9H15N3O2/c1-12-9(13)14-8(11-12)3-2-7-4-5-10-6-7/h7,10H,2-6H2,1H3. The van der Waals surface area contributed by atoms with Crippen molar-refractivity contribution in [2.75, 3.05) is 13.1 Å². The highest BCUT2D eigenvalue weighted by atomic mass is 16.4. The molecule has 0 spiro atoms. The van der Waals surface area contributed by atoms with Gasteiger partial charge in [-0.3, -0.25) is 0 Å². The summed E-state index contributed by atoms with van der Waals surface area (Å²) in [5, 5.41) is 7.30. The smallest absolute Gasteiger partial charge is 0.392 e. The third kappa shape index (κ3) is 2.04. The van der Waals surface area contributed by atoms with Crippen LogP contribution in [0.25, 0.3) is 0 Å². The molecule has 5 nitrogen and oxygen atoms in total. The second kappa shape index (κ2) is 3.96. The van der Waals surface area contributed by atoms with Gasteiger partial charge in [-0.2, -0.15) is 4.68 Å². The summed E-state index contributed by atoms with van der Waals surface area (Å²) in [6, 6.07) is 0. The molecule has 1 unspecified atom stereocenters. The van der Waals surface area contributed by atoms with Gasteiger partial charge in [-0.15, -0.1) is 5.10 Å². The lowest BCUT2D eigenvalue weighted by molar-refractivity contribution is 0.426. The van der Waals surface area contributed by atoms with Gasteiger partial charge in [0.05, 0.1) is 0 Å². The Bertz CT molecular complexity index is 349. The fraction of sp³-hybridized carbons (Fsp3) is 0.778. The van der Waals surface area contributed by atoms with Gasteiger partial charge in [-0.1, -0.05) is 0 Å². The van der Waals surface area contributed by atoms with Crippen molar-refractivity contribution in [3.8, 4) is 0 Å². The van der Waals surface area contributed by atoms with E-state index >= 15 is 0 Å². The van der Waals surface area contributed by atoms with Crippen molar-refractivity contribution in [1.29, 1.82) is 0 Å². The van der Waals surface area contributed by atoms with Crippen molar-refractivity contribution >= 4 is 0 Å². The van der Waals surface area contributed by atoms with Gasteiger partial charge in [0.2, 0.25) is 5.89 Å². The highest BCUT2D eigenvalue weighted by Gasteiger charge is 2.15. The van der Waals surface area contributed by atoms with Gasteiger partial charge in [0.15, 0.2) is 0 Å². The number of nitrogens with zero attached hydrogens (tertiary/aromatic N) is 2. The summed E-state index contributed by atoms with van der Waals surface area (Å²) < 4.78 is 6.19. The average Bonchev–Trinajstić information content (AvgIpc) is 2.74. The molecule has 1 aromatic heterocycles. The van der Waals surface area contributed by atoms with Crippen molar-refractivity contribution in [3.05, 3.63) is 16.4 Å². The van der Waals surface area contributed by atoms with Crippen LogP contribution in [0.15, 0.2) is 9.21 Å². The first-order chi connectivity index (χ1) is 6.75. The van der Waals surface area contributed by atoms with E-state index in [2.05, 4.69) is 10.4 Å².